The van der Waals surface area contributed by atoms with Crippen molar-refractivity contribution in [1.29, 1.82) is 0 Å². The number of nitrogen functional groups attached to an aromatic ring is 1. The molecular formula is C15H18N2O. The first kappa shape index (κ1) is 12.3. The zero-order chi connectivity index (χ0) is 12.8. The minimum absolute atomic E-state index is 0.634. The molecule has 94 valence electrons. The molecule has 0 unspecified atom stereocenters. The minimum atomic E-state index is 0.634. The average molecular weight is 242 g/mol. The fourth-order valence-electron chi connectivity index (χ4n) is 1.77. The van der Waals surface area contributed by atoms with E-state index in [9.17, 15) is 0 Å². The maximum Gasteiger partial charge on any atom is 0.119 e. The van der Waals surface area contributed by atoms with Crippen LogP contribution in [-0.4, -0.2) is 20.2 Å². The Kier molecular flexibility index (Phi) is 4.07. The number of likely N-dealkylation sites (N-methyl/N-ethyl adjacent to an activating group) is 1. The third-order valence-corrected chi connectivity index (χ3v) is 2.79. The smallest absolute Gasteiger partial charge is 0.119 e. The van der Waals surface area contributed by atoms with Gasteiger partial charge in [-0.05, 0) is 24.3 Å². The van der Waals surface area contributed by atoms with Gasteiger partial charge in [0.1, 0.15) is 12.4 Å². The van der Waals surface area contributed by atoms with E-state index in [1.807, 2.05) is 61.6 Å². The number of nitrogens with zero attached hydrogens (tertiary/aromatic N) is 1. The molecule has 2 rings (SSSR count). The van der Waals surface area contributed by atoms with Gasteiger partial charge in [0, 0.05) is 7.05 Å². The molecule has 0 spiro atoms. The van der Waals surface area contributed by atoms with Crippen LogP contribution >= 0.6 is 0 Å². The lowest BCUT2D eigenvalue weighted by Gasteiger charge is -2.21. The van der Waals surface area contributed by atoms with Crippen molar-refractivity contribution in [2.24, 2.45) is 0 Å². The van der Waals surface area contributed by atoms with E-state index < -0.39 is 0 Å². The fraction of sp³-hybridized carbons (Fsp3) is 0.200. The summed E-state index contributed by atoms with van der Waals surface area (Å²) < 4.78 is 5.66. The van der Waals surface area contributed by atoms with Crippen LogP contribution in [0.25, 0.3) is 0 Å². The van der Waals surface area contributed by atoms with Crippen LogP contribution in [0.15, 0.2) is 54.6 Å². The van der Waals surface area contributed by atoms with Crippen molar-refractivity contribution in [2.75, 3.05) is 30.8 Å². The van der Waals surface area contributed by atoms with Crippen LogP contribution in [-0.2, 0) is 0 Å². The van der Waals surface area contributed by atoms with Crippen LogP contribution < -0.4 is 15.4 Å². The lowest BCUT2D eigenvalue weighted by molar-refractivity contribution is 0.326. The molecule has 2 N–H and O–H groups in total. The van der Waals surface area contributed by atoms with E-state index in [1.54, 1.807) is 0 Å². The van der Waals surface area contributed by atoms with E-state index in [0.717, 1.165) is 23.7 Å². The highest BCUT2D eigenvalue weighted by Gasteiger charge is 2.03. The summed E-state index contributed by atoms with van der Waals surface area (Å²) >= 11 is 0. The Hall–Kier alpha value is -2.16. The molecule has 0 atom stereocenters. The predicted molar refractivity (Wildman–Crippen MR) is 76.1 cm³/mol. The van der Waals surface area contributed by atoms with Gasteiger partial charge in [0.05, 0.1) is 17.9 Å². The van der Waals surface area contributed by atoms with Gasteiger partial charge in [0.2, 0.25) is 0 Å². The number of hydrogen-bond donors (Lipinski definition) is 1. The van der Waals surface area contributed by atoms with Crippen molar-refractivity contribution in [3.63, 3.8) is 0 Å². The van der Waals surface area contributed by atoms with Crippen LogP contribution in [0.4, 0.5) is 11.4 Å². The van der Waals surface area contributed by atoms with Gasteiger partial charge in [-0.15, -0.1) is 0 Å². The molecule has 18 heavy (non-hydrogen) atoms. The average Bonchev–Trinajstić information content (AvgIpc) is 2.40. The van der Waals surface area contributed by atoms with Crippen LogP contribution in [0.2, 0.25) is 0 Å². The van der Waals surface area contributed by atoms with Crippen molar-refractivity contribution < 1.29 is 4.74 Å². The maximum absolute atomic E-state index is 5.92. The monoisotopic (exact) mass is 242 g/mol. The topological polar surface area (TPSA) is 38.5 Å². The molecule has 0 heterocycles. The SMILES string of the molecule is CN(CCOc1ccccc1)c1ccccc1N. The van der Waals surface area contributed by atoms with Gasteiger partial charge in [0.15, 0.2) is 0 Å². The molecule has 2 aromatic carbocycles. The number of hydrogen-bond acceptors (Lipinski definition) is 3. The van der Waals surface area contributed by atoms with E-state index >= 15 is 0 Å². The fourth-order valence-corrected chi connectivity index (χ4v) is 1.77. The number of benzene rings is 2. The number of ether oxygens (including phenoxy) is 1. The summed E-state index contributed by atoms with van der Waals surface area (Å²) in [6.45, 7) is 1.43. The third kappa shape index (κ3) is 3.17. The number of nitrogens with two attached hydrogens (primary N) is 1. The van der Waals surface area contributed by atoms with Crippen molar-refractivity contribution in [1.82, 2.24) is 0 Å². The van der Waals surface area contributed by atoms with Crippen molar-refractivity contribution in [3.8, 4) is 5.75 Å². The number of para-hydroxylation sites is 3. The molecule has 0 saturated carbocycles. The summed E-state index contributed by atoms with van der Waals surface area (Å²) in [5.74, 6) is 0.895. The lowest BCUT2D eigenvalue weighted by atomic mass is 10.2. The normalized spacial score (nSPS) is 10.1. The molecule has 3 heteroatoms. The van der Waals surface area contributed by atoms with Crippen molar-refractivity contribution in [3.05, 3.63) is 54.6 Å². The largest absolute Gasteiger partial charge is 0.492 e. The molecule has 0 bridgehead atoms. The van der Waals surface area contributed by atoms with E-state index in [1.165, 1.54) is 0 Å². The summed E-state index contributed by atoms with van der Waals surface area (Å²) in [6.07, 6.45) is 0. The van der Waals surface area contributed by atoms with E-state index in [-0.39, 0.29) is 0 Å². The molecule has 0 saturated heterocycles. The highest BCUT2D eigenvalue weighted by atomic mass is 16.5. The zero-order valence-electron chi connectivity index (χ0n) is 10.5. The number of rotatable bonds is 5. The van der Waals surface area contributed by atoms with Gasteiger partial charge >= 0.3 is 0 Å². The summed E-state index contributed by atoms with van der Waals surface area (Å²) in [4.78, 5) is 2.10. The Morgan fingerprint density at radius 2 is 1.67 bits per heavy atom. The first-order valence-electron chi connectivity index (χ1n) is 6.01. The third-order valence-electron chi connectivity index (χ3n) is 2.79. The first-order chi connectivity index (χ1) is 8.77. The molecular weight excluding hydrogens is 224 g/mol. The summed E-state index contributed by atoms with van der Waals surface area (Å²) in [5.41, 5.74) is 7.75. The van der Waals surface area contributed by atoms with E-state index in [4.69, 9.17) is 10.5 Å². The van der Waals surface area contributed by atoms with Gasteiger partial charge in [0.25, 0.3) is 0 Å². The second-order valence-corrected chi connectivity index (χ2v) is 4.14. The first-order valence-corrected chi connectivity index (χ1v) is 6.01. The molecule has 0 aliphatic carbocycles. The summed E-state index contributed by atoms with van der Waals surface area (Å²) in [6, 6.07) is 17.7. The van der Waals surface area contributed by atoms with E-state index in [2.05, 4.69) is 4.90 Å². The molecule has 0 radical (unpaired) electrons. The molecule has 3 nitrogen and oxygen atoms in total. The predicted octanol–water partition coefficient (Wildman–Crippen LogP) is 2.78. The molecule has 0 fully saturated rings. The van der Waals surface area contributed by atoms with Gasteiger partial charge in [-0.3, -0.25) is 0 Å². The van der Waals surface area contributed by atoms with Gasteiger partial charge in [-0.1, -0.05) is 30.3 Å². The van der Waals surface area contributed by atoms with Gasteiger partial charge in [-0.25, -0.2) is 0 Å². The molecule has 0 amide bonds. The highest BCUT2D eigenvalue weighted by molar-refractivity contribution is 5.66. The molecule has 0 aliphatic heterocycles. The van der Waals surface area contributed by atoms with Crippen LogP contribution in [0.5, 0.6) is 5.75 Å². The molecule has 0 aromatic heterocycles. The minimum Gasteiger partial charge on any atom is -0.492 e. The highest BCUT2D eigenvalue weighted by Crippen LogP contribution is 2.20. The Morgan fingerprint density at radius 3 is 2.39 bits per heavy atom. The maximum atomic E-state index is 5.92. The van der Waals surface area contributed by atoms with E-state index in [0.29, 0.717) is 6.61 Å². The Morgan fingerprint density at radius 1 is 1.00 bits per heavy atom. The van der Waals surface area contributed by atoms with Gasteiger partial charge in [-0.2, -0.15) is 0 Å². The van der Waals surface area contributed by atoms with Crippen LogP contribution in [0, 0.1) is 0 Å². The zero-order valence-corrected chi connectivity index (χ0v) is 10.5. The van der Waals surface area contributed by atoms with Crippen LogP contribution in [0.3, 0.4) is 0 Å². The second kappa shape index (κ2) is 5.96. The summed E-state index contributed by atoms with van der Waals surface area (Å²) in [7, 11) is 2.01. The van der Waals surface area contributed by atoms with Crippen molar-refractivity contribution in [2.45, 2.75) is 0 Å². The quantitative estimate of drug-likeness (QED) is 0.819. The summed E-state index contributed by atoms with van der Waals surface area (Å²) in [5, 5.41) is 0. The molecule has 0 aliphatic rings. The Balaban J connectivity index is 1.86. The number of anilines is 2. The lowest BCUT2D eigenvalue weighted by Crippen LogP contribution is -2.24. The van der Waals surface area contributed by atoms with Crippen molar-refractivity contribution >= 4 is 11.4 Å². The van der Waals surface area contributed by atoms with Crippen LogP contribution in [0.1, 0.15) is 0 Å². The second-order valence-electron chi connectivity index (χ2n) is 4.14. The Labute approximate surface area is 108 Å². The standard InChI is InChI=1S/C15H18N2O/c1-17(15-10-6-5-9-14(15)16)11-12-18-13-7-3-2-4-8-13/h2-10H,11-12,16H2,1H3. The Bertz CT molecular complexity index is 485. The molecule has 2 aromatic rings. The van der Waals surface area contributed by atoms with Gasteiger partial charge < -0.3 is 15.4 Å².